The molecule has 33 heavy (non-hydrogen) atoms. The zero-order chi connectivity index (χ0) is 25.3. The van der Waals surface area contributed by atoms with Crippen molar-refractivity contribution in [1.29, 1.82) is 5.40 Å². The maximum absolute atomic E-state index is 13.5. The molecule has 3 aliphatic rings. The summed E-state index contributed by atoms with van der Waals surface area (Å²) >= 11 is 3.33. The van der Waals surface area contributed by atoms with Crippen LogP contribution in [0.1, 0.15) is 32.7 Å². The average molecular weight is 520 g/mol. The van der Waals surface area contributed by atoms with E-state index in [4.69, 9.17) is 7.15 Å². The quantitative estimate of drug-likeness (QED) is 0.321. The number of likely N-dealkylation sites (N-methyl/N-ethyl adjacent to an activating group) is 1. The molecule has 0 saturated heterocycles. The second-order valence-electron chi connectivity index (χ2n) is 8.75. The molecule has 1 amide bonds. The summed E-state index contributed by atoms with van der Waals surface area (Å²) in [4.78, 5) is 38.6. The van der Waals surface area contributed by atoms with Crippen LogP contribution in [0.2, 0.25) is 1.41 Å². The van der Waals surface area contributed by atoms with Gasteiger partial charge in [0.25, 0.3) is 5.91 Å². The van der Waals surface area contributed by atoms with E-state index in [1.807, 2.05) is 0 Å². The van der Waals surface area contributed by atoms with E-state index in [0.717, 1.165) is 0 Å². The molecular formula is C22H22BrN3O7. The van der Waals surface area contributed by atoms with Crippen LogP contribution in [-0.4, -0.2) is 74.8 Å². The number of aliphatic hydroxyl groups is 3. The van der Waals surface area contributed by atoms with E-state index in [1.165, 1.54) is 11.0 Å². The number of phenols is 1. The van der Waals surface area contributed by atoms with Crippen molar-refractivity contribution in [2.45, 2.75) is 24.5 Å². The first-order chi connectivity index (χ1) is 15.9. The third-order valence-corrected chi connectivity index (χ3v) is 7.56. The molecule has 0 heterocycles. The number of aromatic hydroxyl groups is 1. The summed E-state index contributed by atoms with van der Waals surface area (Å²) in [5.74, 6) is -5.49. The second-order valence-corrected chi connectivity index (χ2v) is 9.60. The van der Waals surface area contributed by atoms with Gasteiger partial charge in [-0.1, -0.05) is 15.9 Å². The van der Waals surface area contributed by atoms with E-state index in [2.05, 4.69) is 21.3 Å². The number of aliphatic hydroxyl groups excluding tert-OH is 2. The molecular weight excluding hydrogens is 498 g/mol. The fraction of sp³-hybridized carbons (Fsp3) is 0.364. The van der Waals surface area contributed by atoms with Gasteiger partial charge in [0, 0.05) is 16.0 Å². The number of rotatable bonds is 3. The molecule has 11 heteroatoms. The Bertz CT molecular complexity index is 1260. The number of amides is 1. The highest BCUT2D eigenvalue weighted by atomic mass is 79.9. The minimum absolute atomic E-state index is 0.0572. The van der Waals surface area contributed by atoms with Crippen LogP contribution >= 0.6 is 15.9 Å². The highest BCUT2D eigenvalue weighted by Gasteiger charge is 2.61. The van der Waals surface area contributed by atoms with Crippen LogP contribution in [0.3, 0.4) is 0 Å². The molecule has 0 fully saturated rings. The fourth-order valence-corrected chi connectivity index (χ4v) is 6.01. The van der Waals surface area contributed by atoms with Crippen LogP contribution in [0.25, 0.3) is 0 Å². The zero-order valence-electron chi connectivity index (χ0n) is 18.7. The first-order valence-corrected chi connectivity index (χ1v) is 10.8. The summed E-state index contributed by atoms with van der Waals surface area (Å²) in [6, 6.07) is 0.400. The Kier molecular flexibility index (Phi) is 4.96. The molecule has 0 radical (unpaired) electrons. The third kappa shape index (κ3) is 2.92. The molecule has 3 aliphatic carbocycles. The molecule has 1 aromatic rings. The van der Waals surface area contributed by atoms with E-state index in [-0.39, 0.29) is 29.5 Å². The number of hydrogen-bond acceptors (Lipinski definition) is 9. The van der Waals surface area contributed by atoms with Crippen LogP contribution in [-0.2, 0) is 11.2 Å². The molecule has 0 spiro atoms. The van der Waals surface area contributed by atoms with E-state index in [0.29, 0.717) is 16.3 Å². The Morgan fingerprint density at radius 1 is 1.39 bits per heavy atom. The Labute approximate surface area is 198 Å². The Morgan fingerprint density at radius 3 is 2.61 bits per heavy atom. The van der Waals surface area contributed by atoms with Gasteiger partial charge in [0.1, 0.15) is 22.8 Å². The number of nitrogens with zero attached hydrogens (tertiary/aromatic N) is 1. The Hall–Kier alpha value is -3.02. The number of Topliss-reactive ketones (excluding diaryl/α,β-unsaturated/α-hetero) is 1. The van der Waals surface area contributed by atoms with Crippen molar-refractivity contribution < 1.29 is 36.2 Å². The number of halogens is 1. The molecule has 0 aliphatic heterocycles. The molecule has 1 aromatic carbocycles. The normalized spacial score (nSPS) is 30.7. The molecule has 4 rings (SSSR count). The summed E-state index contributed by atoms with van der Waals surface area (Å²) in [6.45, 7) is 0. The van der Waals surface area contributed by atoms with Crippen LogP contribution in [0, 0.1) is 17.2 Å². The number of ketones is 1. The standard InChI is InChI=1S/C22H22BrN3O7/c1-26(2)15-10-4-7-3-9-11(23)5-8(6-27)16(28)13(9)17(29)12(7)20(31)22(10,33)19(24)14(18(15)30)21(25)32/h5-7,10,15,24,28,30-31,33H,3-4H2,1-2H3,(H2,25,32)/b24-19-/t7-,10-,15-,22+/m0/s1. The SMILES string of the molecule is [H]/N=C1/C(C(N)=O)=C(O)[C@@H](N(C)C)[C@@H]2C[C@@H]3Cc4c(Br)cc(C=O)c(O)c4C(=O)C3=C(O)[C@]12O. The Balaban J connectivity index is 2.02. The van der Waals surface area contributed by atoms with Gasteiger partial charge < -0.3 is 31.6 Å². The van der Waals surface area contributed by atoms with Crippen molar-refractivity contribution in [3.8, 4) is 5.75 Å². The number of hydrogen-bond donors (Lipinski definition) is 6. The van der Waals surface area contributed by atoms with E-state index in [9.17, 15) is 34.8 Å². The topological polar surface area (TPSA) is 185 Å². The number of fused-ring (bicyclic) bond motifs is 3. The molecule has 0 bridgehead atoms. The maximum atomic E-state index is 13.5. The monoisotopic (exact) mass is 519 g/mol. The minimum Gasteiger partial charge on any atom is -0.510 e. The predicted molar refractivity (Wildman–Crippen MR) is 119 cm³/mol. The first-order valence-electron chi connectivity index (χ1n) is 10.5. The first kappa shape index (κ1) is 21.8. The van der Waals surface area contributed by atoms with Crippen LogP contribution in [0.5, 0.6) is 5.75 Å². The number of carbonyl (C=O) groups is 3. The smallest absolute Gasteiger partial charge is 0.254 e. The summed E-state index contributed by atoms with van der Waals surface area (Å²) < 4.78 is 8.02. The number of nitrogens with one attached hydrogen (secondary N) is 1. The van der Waals surface area contributed by atoms with Crippen molar-refractivity contribution in [3.63, 3.8) is 0 Å². The van der Waals surface area contributed by atoms with Gasteiger partial charge in [-0.15, -0.1) is 0 Å². The van der Waals surface area contributed by atoms with Crippen LogP contribution < -0.4 is 5.73 Å². The highest BCUT2D eigenvalue weighted by Crippen LogP contribution is 2.53. The van der Waals surface area contributed by atoms with Gasteiger partial charge in [0.05, 0.1) is 22.9 Å². The molecule has 0 aromatic heterocycles. The highest BCUT2D eigenvalue weighted by molar-refractivity contribution is 9.10. The summed E-state index contributed by atoms with van der Waals surface area (Å²) in [6.07, 6.45) is 0.613. The molecule has 0 saturated carbocycles. The molecule has 174 valence electrons. The van der Waals surface area contributed by atoms with Gasteiger partial charge in [0.15, 0.2) is 19.1 Å². The van der Waals surface area contributed by atoms with Crippen molar-refractivity contribution in [2.75, 3.05) is 14.1 Å². The lowest BCUT2D eigenvalue weighted by Gasteiger charge is -2.51. The lowest BCUT2D eigenvalue weighted by atomic mass is 9.58. The largest absolute Gasteiger partial charge is 0.510 e. The molecule has 4 atom stereocenters. The number of carbonyl (C=O) groups excluding carboxylic acids is 3. The lowest BCUT2D eigenvalue weighted by molar-refractivity contribution is -0.114. The minimum atomic E-state index is -2.48. The Morgan fingerprint density at radius 2 is 2.06 bits per heavy atom. The molecule has 10 nitrogen and oxygen atoms in total. The van der Waals surface area contributed by atoms with Crippen molar-refractivity contribution >= 4 is 39.6 Å². The predicted octanol–water partition coefficient (Wildman–Crippen LogP) is 1.15. The molecule has 0 unspecified atom stereocenters. The van der Waals surface area contributed by atoms with Crippen molar-refractivity contribution in [2.24, 2.45) is 17.6 Å². The second kappa shape index (κ2) is 7.51. The van der Waals surface area contributed by atoms with Crippen molar-refractivity contribution in [1.82, 2.24) is 4.90 Å². The fourth-order valence-electron chi connectivity index (χ4n) is 5.40. The van der Waals surface area contributed by atoms with Gasteiger partial charge >= 0.3 is 0 Å². The van der Waals surface area contributed by atoms with Gasteiger partial charge in [0.2, 0.25) is 0 Å². The lowest BCUT2D eigenvalue weighted by Crippen LogP contribution is -2.63. The van der Waals surface area contributed by atoms with E-state index >= 15 is 0 Å². The van der Waals surface area contributed by atoms with Gasteiger partial charge in [-0.3, -0.25) is 19.3 Å². The third-order valence-electron chi connectivity index (χ3n) is 6.85. The summed E-state index contributed by atoms with van der Waals surface area (Å²) in [7, 11) is 3.19. The van der Waals surface area contributed by atoms with E-state index < -0.39 is 63.7 Å². The number of benzene rings is 1. The molecule has 7 N–H and O–H groups in total. The van der Waals surface area contributed by atoms with Gasteiger partial charge in [-0.2, -0.15) is 0 Å². The number of phenolic OH excluding ortho intramolecular Hbond substituents is 1. The van der Waals surface area contributed by atoms with E-state index in [1.54, 1.807) is 14.1 Å². The van der Waals surface area contributed by atoms with Crippen molar-refractivity contribution in [3.05, 3.63) is 49.9 Å². The number of primary amides is 1. The van der Waals surface area contributed by atoms with Gasteiger partial charge in [-0.05, 0) is 44.5 Å². The van der Waals surface area contributed by atoms with Gasteiger partial charge in [-0.25, -0.2) is 0 Å². The number of aldehydes is 1. The zero-order valence-corrected chi connectivity index (χ0v) is 19.3. The van der Waals surface area contributed by atoms with Crippen LogP contribution in [0.4, 0.5) is 0 Å². The summed E-state index contributed by atoms with van der Waals surface area (Å²) in [5, 5.41) is 47.8. The maximum Gasteiger partial charge on any atom is 0.254 e. The number of allylic oxidation sites excluding steroid dienone is 1. The number of nitrogens with two attached hydrogens (primary N) is 1. The summed E-state index contributed by atoms with van der Waals surface area (Å²) in [5.41, 5.74) is 1.54. The van der Waals surface area contributed by atoms with Crippen LogP contribution in [0.15, 0.2) is 33.2 Å². The average Bonchev–Trinajstić information content (AvgIpc) is 2.76.